The smallest absolute Gasteiger partial charge is 0.336 e. The van der Waals surface area contributed by atoms with Gasteiger partial charge in [-0.25, -0.2) is 4.79 Å². The normalized spacial score (nSPS) is 22.1. The maximum atomic E-state index is 13.8. The summed E-state index contributed by atoms with van der Waals surface area (Å²) in [5, 5.41) is 3.25. The van der Waals surface area contributed by atoms with Crippen molar-refractivity contribution >= 4 is 17.7 Å². The van der Waals surface area contributed by atoms with Gasteiger partial charge in [-0.1, -0.05) is 25.1 Å². The van der Waals surface area contributed by atoms with Crippen molar-refractivity contribution in [2.45, 2.75) is 40.0 Å². The van der Waals surface area contributed by atoms with Gasteiger partial charge in [0.05, 0.1) is 31.8 Å². The minimum Gasteiger partial charge on any atom is -0.494 e. The lowest BCUT2D eigenvalue weighted by atomic mass is 9.69. The molecule has 0 fully saturated rings. The fourth-order valence-electron chi connectivity index (χ4n) is 4.68. The minimum absolute atomic E-state index is 0.0882. The van der Waals surface area contributed by atoms with Crippen LogP contribution in [0.4, 0.5) is 0 Å². The number of methoxy groups -OCH3 is 1. The molecule has 2 aliphatic rings. The molecule has 1 aromatic rings. The van der Waals surface area contributed by atoms with Crippen molar-refractivity contribution in [1.29, 1.82) is 0 Å². The Morgan fingerprint density at radius 3 is 2.53 bits per heavy atom. The SMILES string of the molecule is CCOCCOC(=O)C1=C(C)NC2=C(C(=O)[C@H](C(=O)OC)[C@H](C)C2)[C@H]1c1ccccc1OCC. The molecule has 1 aliphatic heterocycles. The fourth-order valence-corrected chi connectivity index (χ4v) is 4.68. The van der Waals surface area contributed by atoms with Crippen LogP contribution in [0.2, 0.25) is 0 Å². The van der Waals surface area contributed by atoms with Crippen LogP contribution in [-0.4, -0.2) is 51.3 Å². The van der Waals surface area contributed by atoms with Crippen molar-refractivity contribution in [3.8, 4) is 5.75 Å². The third-order valence-corrected chi connectivity index (χ3v) is 6.16. The van der Waals surface area contributed by atoms with Crippen LogP contribution in [-0.2, 0) is 28.6 Å². The molecule has 0 saturated carbocycles. The van der Waals surface area contributed by atoms with E-state index in [-0.39, 0.29) is 24.9 Å². The molecule has 3 rings (SSSR count). The molecule has 34 heavy (non-hydrogen) atoms. The van der Waals surface area contributed by atoms with Gasteiger partial charge in [-0.05, 0) is 39.2 Å². The van der Waals surface area contributed by atoms with E-state index in [1.165, 1.54) is 7.11 Å². The van der Waals surface area contributed by atoms with Gasteiger partial charge in [0.15, 0.2) is 5.78 Å². The number of rotatable bonds is 9. The van der Waals surface area contributed by atoms with Gasteiger partial charge < -0.3 is 24.3 Å². The summed E-state index contributed by atoms with van der Waals surface area (Å²) in [5.74, 6) is -2.84. The van der Waals surface area contributed by atoms with E-state index in [0.29, 0.717) is 53.5 Å². The number of para-hydroxylation sites is 1. The number of dihydropyridines is 1. The largest absolute Gasteiger partial charge is 0.494 e. The number of nitrogens with one attached hydrogen (secondary N) is 1. The lowest BCUT2D eigenvalue weighted by Gasteiger charge is -2.38. The van der Waals surface area contributed by atoms with Gasteiger partial charge in [0.25, 0.3) is 0 Å². The molecule has 0 unspecified atom stereocenters. The molecule has 8 nitrogen and oxygen atoms in total. The number of benzene rings is 1. The van der Waals surface area contributed by atoms with E-state index in [4.69, 9.17) is 18.9 Å². The van der Waals surface area contributed by atoms with Gasteiger partial charge in [0.1, 0.15) is 18.3 Å². The van der Waals surface area contributed by atoms with Gasteiger partial charge in [0.2, 0.25) is 0 Å². The highest BCUT2D eigenvalue weighted by molar-refractivity contribution is 6.12. The Balaban J connectivity index is 2.13. The Labute approximate surface area is 200 Å². The van der Waals surface area contributed by atoms with Crippen LogP contribution in [0.1, 0.15) is 45.6 Å². The third kappa shape index (κ3) is 5.01. The second kappa shape index (κ2) is 11.3. The lowest BCUT2D eigenvalue weighted by molar-refractivity contribution is -0.151. The number of esters is 2. The summed E-state index contributed by atoms with van der Waals surface area (Å²) in [4.78, 5) is 39.6. The molecule has 0 bridgehead atoms. The summed E-state index contributed by atoms with van der Waals surface area (Å²) in [5.41, 5.74) is 2.67. The van der Waals surface area contributed by atoms with Gasteiger partial charge in [-0.15, -0.1) is 0 Å². The average Bonchev–Trinajstić information content (AvgIpc) is 2.81. The van der Waals surface area contributed by atoms with Crippen molar-refractivity contribution in [2.24, 2.45) is 11.8 Å². The molecule has 0 radical (unpaired) electrons. The number of ketones is 1. The average molecular weight is 472 g/mol. The number of hydrogen-bond acceptors (Lipinski definition) is 8. The highest BCUT2D eigenvalue weighted by Crippen LogP contribution is 2.47. The Hall–Kier alpha value is -3.13. The van der Waals surface area contributed by atoms with E-state index in [1.54, 1.807) is 6.92 Å². The highest BCUT2D eigenvalue weighted by atomic mass is 16.6. The number of carbonyl (C=O) groups excluding carboxylic acids is 3. The Kier molecular flexibility index (Phi) is 8.50. The van der Waals surface area contributed by atoms with Crippen molar-refractivity contribution in [3.05, 3.63) is 52.4 Å². The molecule has 1 heterocycles. The summed E-state index contributed by atoms with van der Waals surface area (Å²) in [7, 11) is 1.28. The zero-order valence-electron chi connectivity index (χ0n) is 20.4. The molecule has 3 atom stereocenters. The predicted molar refractivity (Wildman–Crippen MR) is 125 cm³/mol. The first-order valence-electron chi connectivity index (χ1n) is 11.6. The first-order valence-corrected chi connectivity index (χ1v) is 11.6. The van der Waals surface area contributed by atoms with E-state index >= 15 is 0 Å². The molecule has 184 valence electrons. The van der Waals surface area contributed by atoms with Crippen molar-refractivity contribution < 1.29 is 33.3 Å². The minimum atomic E-state index is -0.944. The van der Waals surface area contributed by atoms with Crippen LogP contribution in [0.3, 0.4) is 0 Å². The fraction of sp³-hybridized carbons (Fsp3) is 0.500. The molecule has 0 spiro atoms. The first-order chi connectivity index (χ1) is 16.3. The molecule has 0 saturated heterocycles. The van der Waals surface area contributed by atoms with Crippen LogP contribution < -0.4 is 10.1 Å². The summed E-state index contributed by atoms with van der Waals surface area (Å²) in [6, 6.07) is 7.32. The topological polar surface area (TPSA) is 100 Å². The molecular formula is C26H33NO7. The van der Waals surface area contributed by atoms with E-state index in [9.17, 15) is 14.4 Å². The van der Waals surface area contributed by atoms with Gasteiger partial charge in [0, 0.05) is 29.1 Å². The summed E-state index contributed by atoms with van der Waals surface area (Å²) in [6.07, 6.45) is 0.470. The standard InChI is InChI=1S/C26H33NO7/c1-6-32-12-13-34-26(30)21-16(4)27-18-14-15(3)20(25(29)31-5)24(28)23(18)22(21)17-10-8-9-11-19(17)33-7-2/h8-11,15,20,22,27H,6-7,12-14H2,1-5H3/t15-,20-,22+/m1/s1. The lowest BCUT2D eigenvalue weighted by Crippen LogP contribution is -2.43. The van der Waals surface area contributed by atoms with E-state index in [1.807, 2.05) is 45.0 Å². The highest BCUT2D eigenvalue weighted by Gasteiger charge is 2.47. The van der Waals surface area contributed by atoms with Crippen LogP contribution in [0.25, 0.3) is 0 Å². The second-order valence-corrected chi connectivity index (χ2v) is 8.34. The van der Waals surface area contributed by atoms with Gasteiger partial charge >= 0.3 is 11.9 Å². The van der Waals surface area contributed by atoms with Crippen molar-refractivity contribution in [3.63, 3.8) is 0 Å². The second-order valence-electron chi connectivity index (χ2n) is 8.34. The van der Waals surface area contributed by atoms with Crippen molar-refractivity contribution in [2.75, 3.05) is 33.5 Å². The van der Waals surface area contributed by atoms with Gasteiger partial charge in [-0.2, -0.15) is 0 Å². The molecule has 0 aromatic heterocycles. The van der Waals surface area contributed by atoms with E-state index in [2.05, 4.69) is 5.32 Å². The maximum absolute atomic E-state index is 13.8. The van der Waals surface area contributed by atoms with Crippen molar-refractivity contribution in [1.82, 2.24) is 5.32 Å². The summed E-state index contributed by atoms with van der Waals surface area (Å²) in [6.45, 7) is 8.67. The molecular weight excluding hydrogens is 438 g/mol. The molecule has 1 aromatic carbocycles. The zero-order chi connectivity index (χ0) is 24.8. The van der Waals surface area contributed by atoms with Crippen LogP contribution in [0, 0.1) is 11.8 Å². The first kappa shape index (κ1) is 25.5. The summed E-state index contributed by atoms with van der Waals surface area (Å²) < 4.78 is 21.6. The molecule has 8 heteroatoms. The van der Waals surface area contributed by atoms with E-state index < -0.39 is 23.8 Å². The molecule has 0 amide bonds. The summed E-state index contributed by atoms with van der Waals surface area (Å²) >= 11 is 0. The van der Waals surface area contributed by atoms with E-state index in [0.717, 1.165) is 0 Å². The van der Waals surface area contributed by atoms with Crippen LogP contribution in [0.5, 0.6) is 5.75 Å². The molecule has 1 aliphatic carbocycles. The molecule has 1 N–H and O–H groups in total. The zero-order valence-corrected chi connectivity index (χ0v) is 20.4. The van der Waals surface area contributed by atoms with Gasteiger partial charge in [-0.3, -0.25) is 9.59 Å². The van der Waals surface area contributed by atoms with Crippen LogP contribution >= 0.6 is 0 Å². The number of carbonyl (C=O) groups is 3. The van der Waals surface area contributed by atoms with Crippen LogP contribution in [0.15, 0.2) is 46.8 Å². The predicted octanol–water partition coefficient (Wildman–Crippen LogP) is 3.28. The third-order valence-electron chi connectivity index (χ3n) is 6.16. The maximum Gasteiger partial charge on any atom is 0.336 e. The quantitative estimate of drug-likeness (QED) is 0.333. The Morgan fingerprint density at radius 2 is 1.85 bits per heavy atom. The number of hydrogen-bond donors (Lipinski definition) is 1. The monoisotopic (exact) mass is 471 g/mol. The number of allylic oxidation sites excluding steroid dienone is 3. The Bertz CT molecular complexity index is 1010. The number of Topliss-reactive ketones (excluding diaryl/α,β-unsaturated/α-hetero) is 1. The Morgan fingerprint density at radius 1 is 1.12 bits per heavy atom. The number of ether oxygens (including phenoxy) is 4.